The van der Waals surface area contributed by atoms with Crippen LogP contribution in [0.15, 0.2) is 30.3 Å². The van der Waals surface area contributed by atoms with E-state index in [2.05, 4.69) is 10.6 Å². The second-order valence-corrected chi connectivity index (χ2v) is 9.34. The highest BCUT2D eigenvalue weighted by atomic mass is 16.5. The summed E-state index contributed by atoms with van der Waals surface area (Å²) >= 11 is 0. The number of amides is 3. The molecule has 1 spiro atoms. The highest BCUT2D eigenvalue weighted by molar-refractivity contribution is 6.02. The first-order valence-electron chi connectivity index (χ1n) is 11.6. The highest BCUT2D eigenvalue weighted by Gasteiger charge is 2.77. The lowest BCUT2D eigenvalue weighted by molar-refractivity contribution is -0.145. The van der Waals surface area contributed by atoms with E-state index in [0.29, 0.717) is 31.5 Å². The second kappa shape index (κ2) is 8.83. The average Bonchev–Trinajstić information content (AvgIpc) is 3.34. The summed E-state index contributed by atoms with van der Waals surface area (Å²) in [6, 6.07) is 8.36. The predicted octanol–water partition coefficient (Wildman–Crippen LogP) is 1.69. The number of hydrogen-bond acceptors (Lipinski definition) is 5. The van der Waals surface area contributed by atoms with E-state index in [0.717, 1.165) is 12.8 Å². The van der Waals surface area contributed by atoms with Crippen molar-refractivity contribution in [1.29, 1.82) is 0 Å². The Morgan fingerprint density at radius 3 is 2.62 bits per heavy atom. The minimum atomic E-state index is -1.02. The maximum absolute atomic E-state index is 13.6. The molecule has 4 rings (SSSR count). The third kappa shape index (κ3) is 3.59. The van der Waals surface area contributed by atoms with Gasteiger partial charge in [0, 0.05) is 25.4 Å². The molecule has 3 aliphatic heterocycles. The molecule has 0 saturated carbocycles. The summed E-state index contributed by atoms with van der Waals surface area (Å²) in [7, 11) is 0. The van der Waals surface area contributed by atoms with E-state index in [9.17, 15) is 19.5 Å². The van der Waals surface area contributed by atoms with Gasteiger partial charge in [-0.05, 0) is 44.7 Å². The van der Waals surface area contributed by atoms with Crippen LogP contribution < -0.4 is 10.6 Å². The fraction of sp³-hybridized carbons (Fsp3) is 0.625. The Morgan fingerprint density at radius 1 is 1.19 bits per heavy atom. The summed E-state index contributed by atoms with van der Waals surface area (Å²) in [4.78, 5) is 41.9. The molecule has 3 saturated heterocycles. The Bertz CT molecular complexity index is 878. The van der Waals surface area contributed by atoms with Gasteiger partial charge in [0.2, 0.25) is 17.7 Å². The molecule has 2 unspecified atom stereocenters. The molecule has 3 aliphatic rings. The number of aliphatic hydroxyl groups excluding tert-OH is 1. The van der Waals surface area contributed by atoms with Crippen molar-refractivity contribution in [3.05, 3.63) is 30.3 Å². The molecule has 0 aromatic heterocycles. The minimum Gasteiger partial charge on any atom is -0.396 e. The topological polar surface area (TPSA) is 108 Å². The SMILES string of the molecule is CCCCNC(=O)C1N(CCCO)C(=O)[C@@H]2[C@H](C(=O)Nc3ccccc3)[C@]3(C)CCC12O3. The van der Waals surface area contributed by atoms with E-state index in [4.69, 9.17) is 4.74 Å². The normalized spacial score (nSPS) is 32.8. The average molecular weight is 444 g/mol. The largest absolute Gasteiger partial charge is 0.396 e. The monoisotopic (exact) mass is 443 g/mol. The van der Waals surface area contributed by atoms with Crippen molar-refractivity contribution in [3.63, 3.8) is 0 Å². The summed E-state index contributed by atoms with van der Waals surface area (Å²) in [6.07, 6.45) is 3.32. The van der Waals surface area contributed by atoms with Crippen LogP contribution in [-0.4, -0.2) is 64.7 Å². The van der Waals surface area contributed by atoms with E-state index in [-0.39, 0.29) is 30.9 Å². The fourth-order valence-corrected chi connectivity index (χ4v) is 5.84. The van der Waals surface area contributed by atoms with Crippen molar-refractivity contribution >= 4 is 23.4 Å². The number of hydrogen-bond donors (Lipinski definition) is 3. The number of likely N-dealkylation sites (tertiary alicyclic amines) is 1. The molecule has 3 amide bonds. The zero-order valence-corrected chi connectivity index (χ0v) is 18.8. The van der Waals surface area contributed by atoms with Crippen molar-refractivity contribution in [1.82, 2.24) is 10.2 Å². The lowest BCUT2D eigenvalue weighted by atomic mass is 9.66. The van der Waals surface area contributed by atoms with Gasteiger partial charge in [-0.1, -0.05) is 31.5 Å². The Hall–Kier alpha value is -2.45. The Balaban J connectivity index is 1.66. The lowest BCUT2D eigenvalue weighted by Gasteiger charge is -2.33. The molecule has 3 N–H and O–H groups in total. The molecule has 0 radical (unpaired) electrons. The number of anilines is 1. The number of unbranched alkanes of at least 4 members (excludes halogenated alkanes) is 1. The molecular weight excluding hydrogens is 410 g/mol. The number of fused-ring (bicyclic) bond motifs is 1. The predicted molar refractivity (Wildman–Crippen MR) is 119 cm³/mol. The Kier molecular flexibility index (Phi) is 6.27. The van der Waals surface area contributed by atoms with Gasteiger partial charge in [-0.2, -0.15) is 0 Å². The summed E-state index contributed by atoms with van der Waals surface area (Å²) in [5.41, 5.74) is -1.16. The van der Waals surface area contributed by atoms with Gasteiger partial charge in [0.05, 0.1) is 17.4 Å². The highest BCUT2D eigenvalue weighted by Crippen LogP contribution is 2.63. The van der Waals surface area contributed by atoms with Gasteiger partial charge in [0.1, 0.15) is 11.6 Å². The van der Waals surface area contributed by atoms with E-state index in [1.165, 1.54) is 4.90 Å². The first-order chi connectivity index (χ1) is 15.4. The maximum atomic E-state index is 13.6. The molecule has 32 heavy (non-hydrogen) atoms. The van der Waals surface area contributed by atoms with Gasteiger partial charge in [0.15, 0.2) is 0 Å². The molecule has 1 aromatic rings. The standard InChI is InChI=1S/C24H33N3O5/c1-3-4-13-25-21(30)19-24-12-11-23(2,32-24)17(18(24)22(31)27(19)14-8-15-28)20(29)26-16-9-6-5-7-10-16/h5-7,9-10,17-19,28H,3-4,8,11-15H2,1-2H3,(H,25,30)(H,26,29)/t17-,18+,19?,23+,24?/m1/s1. The number of para-hydroxylation sites is 1. The van der Waals surface area contributed by atoms with Gasteiger partial charge >= 0.3 is 0 Å². The molecule has 8 heteroatoms. The van der Waals surface area contributed by atoms with Crippen LogP contribution in [0.25, 0.3) is 0 Å². The van der Waals surface area contributed by atoms with Crippen LogP contribution in [0, 0.1) is 11.8 Å². The van der Waals surface area contributed by atoms with Gasteiger partial charge in [-0.3, -0.25) is 14.4 Å². The fourth-order valence-electron chi connectivity index (χ4n) is 5.84. The van der Waals surface area contributed by atoms with Crippen LogP contribution in [-0.2, 0) is 19.1 Å². The van der Waals surface area contributed by atoms with Crippen molar-refractivity contribution in [3.8, 4) is 0 Å². The van der Waals surface area contributed by atoms with E-state index >= 15 is 0 Å². The first kappa shape index (κ1) is 22.7. The lowest BCUT2D eigenvalue weighted by Crippen LogP contribution is -2.55. The summed E-state index contributed by atoms with van der Waals surface area (Å²) in [6.45, 7) is 4.64. The molecule has 1 aromatic carbocycles. The number of rotatable bonds is 9. The molecule has 5 atom stereocenters. The van der Waals surface area contributed by atoms with Gasteiger partial charge in [0.25, 0.3) is 0 Å². The van der Waals surface area contributed by atoms with Gasteiger partial charge in [-0.15, -0.1) is 0 Å². The molecule has 0 aliphatic carbocycles. The van der Waals surface area contributed by atoms with E-state index in [1.54, 1.807) is 12.1 Å². The third-order valence-corrected chi connectivity index (χ3v) is 7.24. The molecular formula is C24H33N3O5. The number of nitrogens with one attached hydrogen (secondary N) is 2. The number of ether oxygens (including phenoxy) is 1. The van der Waals surface area contributed by atoms with Crippen LogP contribution in [0.1, 0.15) is 46.0 Å². The second-order valence-electron chi connectivity index (χ2n) is 9.34. The Morgan fingerprint density at radius 2 is 1.94 bits per heavy atom. The van der Waals surface area contributed by atoms with E-state index < -0.39 is 29.1 Å². The van der Waals surface area contributed by atoms with Crippen LogP contribution in [0.5, 0.6) is 0 Å². The summed E-state index contributed by atoms with van der Waals surface area (Å²) in [5.74, 6) is -2.13. The molecule has 2 bridgehead atoms. The van der Waals surface area contributed by atoms with Crippen LogP contribution in [0.2, 0.25) is 0 Å². The number of carbonyl (C=O) groups is 3. The summed E-state index contributed by atoms with van der Waals surface area (Å²) < 4.78 is 6.52. The van der Waals surface area contributed by atoms with Crippen LogP contribution in [0.4, 0.5) is 5.69 Å². The van der Waals surface area contributed by atoms with Crippen LogP contribution >= 0.6 is 0 Å². The Labute approximate surface area is 188 Å². The van der Waals surface area contributed by atoms with Crippen molar-refractivity contribution < 1.29 is 24.2 Å². The third-order valence-electron chi connectivity index (χ3n) is 7.24. The zero-order chi connectivity index (χ0) is 22.9. The zero-order valence-electron chi connectivity index (χ0n) is 18.8. The first-order valence-corrected chi connectivity index (χ1v) is 11.6. The van der Waals surface area contributed by atoms with Crippen molar-refractivity contribution in [2.24, 2.45) is 11.8 Å². The van der Waals surface area contributed by atoms with Crippen molar-refractivity contribution in [2.75, 3.05) is 25.0 Å². The smallest absolute Gasteiger partial charge is 0.245 e. The molecule has 8 nitrogen and oxygen atoms in total. The quantitative estimate of drug-likeness (QED) is 0.504. The minimum absolute atomic E-state index is 0.0812. The molecule has 174 valence electrons. The van der Waals surface area contributed by atoms with E-state index in [1.807, 2.05) is 32.0 Å². The molecule has 3 fully saturated rings. The summed E-state index contributed by atoms with van der Waals surface area (Å²) in [5, 5.41) is 15.3. The number of nitrogens with zero attached hydrogens (tertiary/aromatic N) is 1. The van der Waals surface area contributed by atoms with Crippen molar-refractivity contribution in [2.45, 2.75) is 63.2 Å². The van der Waals surface area contributed by atoms with Gasteiger partial charge < -0.3 is 25.4 Å². The van der Waals surface area contributed by atoms with Crippen LogP contribution in [0.3, 0.4) is 0 Å². The van der Waals surface area contributed by atoms with Gasteiger partial charge in [-0.25, -0.2) is 0 Å². The number of aliphatic hydroxyl groups is 1. The number of benzene rings is 1. The number of carbonyl (C=O) groups excluding carboxylic acids is 3. The molecule has 3 heterocycles. The maximum Gasteiger partial charge on any atom is 0.245 e.